The van der Waals surface area contributed by atoms with E-state index in [-0.39, 0.29) is 6.73 Å². The average Bonchev–Trinajstić information content (AvgIpc) is 2.28. The topological polar surface area (TPSA) is 89.7 Å². The molecule has 0 fully saturated rings. The van der Waals surface area contributed by atoms with E-state index in [9.17, 15) is 13.2 Å². The van der Waals surface area contributed by atoms with Gasteiger partial charge in [0.1, 0.15) is 12.5 Å². The van der Waals surface area contributed by atoms with Gasteiger partial charge in [-0.2, -0.15) is 4.31 Å². The molecule has 0 radical (unpaired) electrons. The Labute approximate surface area is 106 Å². The minimum Gasteiger partial charge on any atom is -0.369 e. The van der Waals surface area contributed by atoms with Crippen molar-refractivity contribution in [2.45, 2.75) is 6.61 Å². The fraction of sp³-hybridized carbons (Fsp3) is 0.364. The Kier molecular flexibility index (Phi) is 5.26. The number of nitrogens with two attached hydrogens (primary N) is 1. The maximum Gasteiger partial charge on any atom is 0.234 e. The van der Waals surface area contributed by atoms with Crippen LogP contribution in [0.5, 0.6) is 0 Å². The van der Waals surface area contributed by atoms with Crippen LogP contribution in [-0.2, 0) is 26.2 Å². The van der Waals surface area contributed by atoms with Gasteiger partial charge in [-0.05, 0) is 5.56 Å². The van der Waals surface area contributed by atoms with Gasteiger partial charge in [-0.1, -0.05) is 30.3 Å². The molecule has 1 aromatic rings. The monoisotopic (exact) mass is 272 g/mol. The number of amides is 1. The number of carbonyl (C=O) groups is 1. The van der Waals surface area contributed by atoms with Crippen molar-refractivity contribution in [1.82, 2.24) is 4.31 Å². The van der Waals surface area contributed by atoms with Crippen LogP contribution in [0.25, 0.3) is 0 Å². The summed E-state index contributed by atoms with van der Waals surface area (Å²) in [6.07, 6.45) is 0. The van der Waals surface area contributed by atoms with Crippen LogP contribution in [0.2, 0.25) is 0 Å². The first-order chi connectivity index (χ1) is 8.42. The molecule has 1 amide bonds. The molecule has 0 saturated carbocycles. The molecule has 0 bridgehead atoms. The molecule has 0 heterocycles. The lowest BCUT2D eigenvalue weighted by molar-refractivity contribution is -0.115. The number of ether oxygens (including phenoxy) is 1. The molecule has 0 unspecified atom stereocenters. The molecule has 100 valence electrons. The summed E-state index contributed by atoms with van der Waals surface area (Å²) in [4.78, 5) is 10.6. The van der Waals surface area contributed by atoms with Gasteiger partial charge in [-0.25, -0.2) is 8.42 Å². The van der Waals surface area contributed by atoms with Gasteiger partial charge in [0.25, 0.3) is 0 Å². The number of hydrogen-bond donors (Lipinski definition) is 1. The highest BCUT2D eigenvalue weighted by Gasteiger charge is 2.20. The molecule has 0 aliphatic carbocycles. The molecule has 18 heavy (non-hydrogen) atoms. The fourth-order valence-corrected chi connectivity index (χ4v) is 2.05. The Bertz CT molecular complexity index is 487. The molecule has 0 saturated heterocycles. The van der Waals surface area contributed by atoms with Crippen molar-refractivity contribution in [2.75, 3.05) is 19.5 Å². The van der Waals surface area contributed by atoms with Gasteiger partial charge in [-0.3, -0.25) is 4.79 Å². The molecule has 1 rings (SSSR count). The van der Waals surface area contributed by atoms with Crippen LogP contribution >= 0.6 is 0 Å². The number of benzene rings is 1. The lowest BCUT2D eigenvalue weighted by Gasteiger charge is -2.16. The maximum atomic E-state index is 11.5. The molecule has 2 N–H and O–H groups in total. The predicted molar refractivity (Wildman–Crippen MR) is 66.8 cm³/mol. The zero-order valence-electron chi connectivity index (χ0n) is 10.1. The molecule has 6 nitrogen and oxygen atoms in total. The number of sulfonamides is 1. The molecular formula is C11H16N2O4S. The molecule has 0 aliphatic rings. The van der Waals surface area contributed by atoms with Crippen molar-refractivity contribution in [2.24, 2.45) is 5.73 Å². The highest BCUT2D eigenvalue weighted by molar-refractivity contribution is 7.89. The summed E-state index contributed by atoms with van der Waals surface area (Å²) in [5.74, 6) is -1.59. The van der Waals surface area contributed by atoms with Crippen molar-refractivity contribution in [3.63, 3.8) is 0 Å². The minimum atomic E-state index is -3.68. The molecule has 0 aliphatic heterocycles. The lowest BCUT2D eigenvalue weighted by atomic mass is 10.2. The van der Waals surface area contributed by atoms with Crippen molar-refractivity contribution in [1.29, 1.82) is 0 Å². The SMILES string of the molecule is CN(COCc1ccccc1)S(=O)(=O)CC(N)=O. The highest BCUT2D eigenvalue weighted by atomic mass is 32.2. The summed E-state index contributed by atoms with van der Waals surface area (Å²) in [6, 6.07) is 9.36. The van der Waals surface area contributed by atoms with Crippen LogP contribution in [0, 0.1) is 0 Å². The van der Waals surface area contributed by atoms with Gasteiger partial charge in [0, 0.05) is 7.05 Å². The molecule has 0 atom stereocenters. The van der Waals surface area contributed by atoms with E-state index in [1.807, 2.05) is 30.3 Å². The number of rotatable bonds is 7. The number of nitrogens with zero attached hydrogens (tertiary/aromatic N) is 1. The zero-order chi connectivity index (χ0) is 13.6. The second-order valence-electron chi connectivity index (χ2n) is 3.78. The van der Waals surface area contributed by atoms with E-state index in [4.69, 9.17) is 10.5 Å². The van der Waals surface area contributed by atoms with Gasteiger partial charge in [0.2, 0.25) is 15.9 Å². The summed E-state index contributed by atoms with van der Waals surface area (Å²) in [6.45, 7) is 0.182. The first-order valence-corrected chi connectivity index (χ1v) is 6.87. The summed E-state index contributed by atoms with van der Waals surface area (Å²) < 4.78 is 29.3. The second-order valence-corrected chi connectivity index (χ2v) is 5.86. The third-order valence-electron chi connectivity index (χ3n) is 2.18. The summed E-state index contributed by atoms with van der Waals surface area (Å²) >= 11 is 0. The van der Waals surface area contributed by atoms with Crippen LogP contribution in [-0.4, -0.2) is 38.2 Å². The molecule has 1 aromatic carbocycles. The van der Waals surface area contributed by atoms with E-state index >= 15 is 0 Å². The van der Waals surface area contributed by atoms with Gasteiger partial charge >= 0.3 is 0 Å². The fourth-order valence-electron chi connectivity index (χ4n) is 1.24. The highest BCUT2D eigenvalue weighted by Crippen LogP contribution is 2.03. The first kappa shape index (κ1) is 14.6. The van der Waals surface area contributed by atoms with Crippen LogP contribution in [0.15, 0.2) is 30.3 Å². The van der Waals surface area contributed by atoms with Gasteiger partial charge < -0.3 is 10.5 Å². The summed E-state index contributed by atoms with van der Waals surface area (Å²) in [5, 5.41) is 0. The lowest BCUT2D eigenvalue weighted by Crippen LogP contribution is -2.36. The van der Waals surface area contributed by atoms with Gasteiger partial charge in [-0.15, -0.1) is 0 Å². The van der Waals surface area contributed by atoms with E-state index in [0.717, 1.165) is 9.87 Å². The smallest absolute Gasteiger partial charge is 0.234 e. The summed E-state index contributed by atoms with van der Waals surface area (Å²) in [7, 11) is -2.34. The van der Waals surface area contributed by atoms with E-state index in [2.05, 4.69) is 0 Å². The number of primary amides is 1. The number of hydrogen-bond acceptors (Lipinski definition) is 4. The standard InChI is InChI=1S/C11H16N2O4S/c1-13(18(15,16)8-11(12)14)9-17-7-10-5-3-2-4-6-10/h2-6H,7-9H2,1H3,(H2,12,14). The Balaban J connectivity index is 2.42. The Morgan fingerprint density at radius 1 is 1.33 bits per heavy atom. The largest absolute Gasteiger partial charge is 0.369 e. The zero-order valence-corrected chi connectivity index (χ0v) is 10.9. The third kappa shape index (κ3) is 4.82. The van der Waals surface area contributed by atoms with E-state index in [1.165, 1.54) is 7.05 Å². The van der Waals surface area contributed by atoms with Gasteiger partial charge in [0.15, 0.2) is 0 Å². The van der Waals surface area contributed by atoms with Crippen LogP contribution < -0.4 is 5.73 Å². The van der Waals surface area contributed by atoms with Crippen LogP contribution in [0.3, 0.4) is 0 Å². The predicted octanol–water partition coefficient (Wildman–Crippen LogP) is -0.0924. The Hall–Kier alpha value is -1.44. The first-order valence-electron chi connectivity index (χ1n) is 5.26. The minimum absolute atomic E-state index is 0.121. The molecule has 7 heteroatoms. The van der Waals surface area contributed by atoms with Crippen molar-refractivity contribution in [3.05, 3.63) is 35.9 Å². The number of carbonyl (C=O) groups excluding carboxylic acids is 1. The van der Waals surface area contributed by atoms with Crippen molar-refractivity contribution < 1.29 is 17.9 Å². The van der Waals surface area contributed by atoms with Crippen LogP contribution in [0.1, 0.15) is 5.56 Å². The maximum absolute atomic E-state index is 11.5. The quantitative estimate of drug-likeness (QED) is 0.702. The van der Waals surface area contributed by atoms with E-state index in [1.54, 1.807) is 0 Å². The van der Waals surface area contributed by atoms with Gasteiger partial charge in [0.05, 0.1) is 6.61 Å². The third-order valence-corrected chi connectivity index (χ3v) is 3.89. The van der Waals surface area contributed by atoms with Crippen molar-refractivity contribution >= 4 is 15.9 Å². The van der Waals surface area contributed by atoms with Crippen LogP contribution in [0.4, 0.5) is 0 Å². The van der Waals surface area contributed by atoms with E-state index < -0.39 is 21.7 Å². The average molecular weight is 272 g/mol. The Morgan fingerprint density at radius 3 is 2.50 bits per heavy atom. The summed E-state index contributed by atoms with van der Waals surface area (Å²) in [5.41, 5.74) is 5.79. The van der Waals surface area contributed by atoms with Crippen molar-refractivity contribution in [3.8, 4) is 0 Å². The Morgan fingerprint density at radius 2 is 1.94 bits per heavy atom. The normalized spacial score (nSPS) is 11.7. The molecular weight excluding hydrogens is 256 g/mol. The molecule has 0 spiro atoms. The van der Waals surface area contributed by atoms with E-state index in [0.29, 0.717) is 6.61 Å². The second kappa shape index (κ2) is 6.48. The molecule has 0 aromatic heterocycles.